The van der Waals surface area contributed by atoms with Crippen LogP contribution in [0.5, 0.6) is 0 Å². The maximum Gasteiger partial charge on any atom is 0.307 e. The molecule has 0 spiro atoms. The highest BCUT2D eigenvalue weighted by atomic mass is 32.1. The summed E-state index contributed by atoms with van der Waals surface area (Å²) in [5.74, 6) is -0.289. The smallest absolute Gasteiger partial charge is 0.307 e. The number of carboxylic acid groups (broad SMARTS) is 1. The lowest BCUT2D eigenvalue weighted by Crippen LogP contribution is -2.14. The third kappa shape index (κ3) is 2.44. The summed E-state index contributed by atoms with van der Waals surface area (Å²) in [6, 6.07) is 0. The van der Waals surface area contributed by atoms with Crippen LogP contribution in [-0.4, -0.2) is 20.8 Å². The van der Waals surface area contributed by atoms with Gasteiger partial charge < -0.3 is 14.2 Å². The SMILES string of the molecule is Cc1oncc1-c1cn(CCC(=O)O)c(=O)s1. The third-order valence-electron chi connectivity index (χ3n) is 2.29. The van der Waals surface area contributed by atoms with Crippen LogP contribution in [0.3, 0.4) is 0 Å². The van der Waals surface area contributed by atoms with E-state index in [0.29, 0.717) is 5.76 Å². The normalized spacial score (nSPS) is 10.6. The Kier molecular flexibility index (Phi) is 3.10. The number of rotatable bonds is 4. The van der Waals surface area contributed by atoms with Gasteiger partial charge in [0, 0.05) is 12.7 Å². The van der Waals surface area contributed by atoms with Gasteiger partial charge in [0.05, 0.1) is 23.1 Å². The number of thiazole rings is 1. The Bertz CT molecular complexity index is 595. The highest BCUT2D eigenvalue weighted by Crippen LogP contribution is 2.25. The molecule has 0 aliphatic carbocycles. The molecule has 0 fully saturated rings. The third-order valence-corrected chi connectivity index (χ3v) is 3.24. The molecule has 0 bridgehead atoms. The van der Waals surface area contributed by atoms with Gasteiger partial charge in [-0.25, -0.2) is 0 Å². The molecular weight excluding hydrogens is 244 g/mol. The van der Waals surface area contributed by atoms with E-state index in [1.807, 2.05) is 0 Å². The Balaban J connectivity index is 2.28. The average Bonchev–Trinajstić information content (AvgIpc) is 2.82. The van der Waals surface area contributed by atoms with Gasteiger partial charge in [-0.2, -0.15) is 0 Å². The molecule has 1 N–H and O–H groups in total. The molecule has 2 rings (SSSR count). The van der Waals surface area contributed by atoms with Crippen LogP contribution in [-0.2, 0) is 11.3 Å². The van der Waals surface area contributed by atoms with Crippen molar-refractivity contribution < 1.29 is 14.4 Å². The number of hydrogen-bond acceptors (Lipinski definition) is 5. The minimum absolute atomic E-state index is 0.0707. The summed E-state index contributed by atoms with van der Waals surface area (Å²) >= 11 is 1.05. The zero-order valence-electron chi connectivity index (χ0n) is 9.04. The first-order valence-corrected chi connectivity index (χ1v) is 5.73. The first-order valence-electron chi connectivity index (χ1n) is 4.91. The molecule has 0 aliphatic heterocycles. The van der Waals surface area contributed by atoms with Gasteiger partial charge in [-0.15, -0.1) is 0 Å². The number of hydrogen-bond donors (Lipinski definition) is 1. The van der Waals surface area contributed by atoms with E-state index in [0.717, 1.165) is 21.8 Å². The monoisotopic (exact) mass is 254 g/mol. The topological polar surface area (TPSA) is 85.3 Å². The molecule has 0 aromatic carbocycles. The maximum absolute atomic E-state index is 11.6. The van der Waals surface area contributed by atoms with Gasteiger partial charge in [-0.3, -0.25) is 9.59 Å². The summed E-state index contributed by atoms with van der Waals surface area (Å²) in [5, 5.41) is 12.2. The van der Waals surface area contributed by atoms with Crippen LogP contribution in [0.1, 0.15) is 12.2 Å². The number of aliphatic carboxylic acids is 1. The molecule has 90 valence electrons. The fourth-order valence-corrected chi connectivity index (χ4v) is 2.34. The average molecular weight is 254 g/mol. The minimum Gasteiger partial charge on any atom is -0.481 e. The highest BCUT2D eigenvalue weighted by Gasteiger charge is 2.12. The Morgan fingerprint density at radius 3 is 3.00 bits per heavy atom. The molecule has 2 heterocycles. The van der Waals surface area contributed by atoms with Crippen molar-refractivity contribution in [3.63, 3.8) is 0 Å². The molecule has 0 aliphatic rings. The molecule has 0 saturated carbocycles. The number of carbonyl (C=O) groups is 1. The summed E-state index contributed by atoms with van der Waals surface area (Å²) in [7, 11) is 0. The largest absolute Gasteiger partial charge is 0.481 e. The maximum atomic E-state index is 11.6. The molecule has 0 radical (unpaired) electrons. The molecule has 6 nitrogen and oxygen atoms in total. The lowest BCUT2D eigenvalue weighted by atomic mass is 10.2. The van der Waals surface area contributed by atoms with Crippen molar-refractivity contribution in [1.29, 1.82) is 0 Å². The van der Waals surface area contributed by atoms with Crippen molar-refractivity contribution in [2.45, 2.75) is 19.9 Å². The van der Waals surface area contributed by atoms with Gasteiger partial charge in [0.1, 0.15) is 5.76 Å². The molecule has 2 aromatic heterocycles. The Hall–Kier alpha value is -1.89. The molecule has 2 aromatic rings. The number of carboxylic acids is 1. The standard InChI is InChI=1S/C10H10N2O4S/c1-6-7(4-11-16-6)8-5-12(10(15)17-8)3-2-9(13)14/h4-5H,2-3H2,1H3,(H,13,14). The van der Waals surface area contributed by atoms with Crippen LogP contribution in [0.25, 0.3) is 10.4 Å². The van der Waals surface area contributed by atoms with Crippen molar-refractivity contribution in [3.05, 3.63) is 27.8 Å². The van der Waals surface area contributed by atoms with Crippen LogP contribution >= 0.6 is 11.3 Å². The van der Waals surface area contributed by atoms with E-state index >= 15 is 0 Å². The van der Waals surface area contributed by atoms with Crippen molar-refractivity contribution >= 4 is 17.3 Å². The molecule has 7 heteroatoms. The van der Waals surface area contributed by atoms with Gasteiger partial charge in [-0.1, -0.05) is 16.5 Å². The predicted octanol–water partition coefficient (Wildman–Crippen LogP) is 1.35. The van der Waals surface area contributed by atoms with E-state index < -0.39 is 5.97 Å². The summed E-state index contributed by atoms with van der Waals surface area (Å²) in [5.41, 5.74) is 0.765. The van der Waals surface area contributed by atoms with E-state index in [1.165, 1.54) is 4.57 Å². The van der Waals surface area contributed by atoms with Gasteiger partial charge in [0.25, 0.3) is 0 Å². The van der Waals surface area contributed by atoms with Gasteiger partial charge in [0.2, 0.25) is 0 Å². The van der Waals surface area contributed by atoms with Crippen molar-refractivity contribution in [2.75, 3.05) is 0 Å². The van der Waals surface area contributed by atoms with E-state index in [-0.39, 0.29) is 17.8 Å². The van der Waals surface area contributed by atoms with E-state index in [1.54, 1.807) is 19.3 Å². The van der Waals surface area contributed by atoms with E-state index in [2.05, 4.69) is 5.16 Å². The second-order valence-corrected chi connectivity index (χ2v) is 4.49. The number of aryl methyl sites for hydroxylation is 2. The van der Waals surface area contributed by atoms with Crippen molar-refractivity contribution in [3.8, 4) is 10.4 Å². The molecule has 0 amide bonds. The van der Waals surface area contributed by atoms with Crippen LogP contribution in [0.4, 0.5) is 0 Å². The summed E-state index contributed by atoms with van der Waals surface area (Å²) in [6.45, 7) is 1.93. The zero-order chi connectivity index (χ0) is 12.4. The molecular formula is C10H10N2O4S. The first-order chi connectivity index (χ1) is 8.08. The van der Waals surface area contributed by atoms with Crippen LogP contribution in [0.2, 0.25) is 0 Å². The second kappa shape index (κ2) is 4.54. The quantitative estimate of drug-likeness (QED) is 0.890. The predicted molar refractivity (Wildman–Crippen MR) is 61.1 cm³/mol. The van der Waals surface area contributed by atoms with Gasteiger partial charge in [-0.05, 0) is 6.92 Å². The number of aromatic nitrogens is 2. The minimum atomic E-state index is -0.925. The lowest BCUT2D eigenvalue weighted by molar-refractivity contribution is -0.137. The van der Waals surface area contributed by atoms with E-state index in [4.69, 9.17) is 9.63 Å². The van der Waals surface area contributed by atoms with Crippen LogP contribution in [0, 0.1) is 6.92 Å². The molecule has 0 unspecified atom stereocenters. The Morgan fingerprint density at radius 2 is 2.41 bits per heavy atom. The highest BCUT2D eigenvalue weighted by molar-refractivity contribution is 7.12. The van der Waals surface area contributed by atoms with E-state index in [9.17, 15) is 9.59 Å². The second-order valence-electron chi connectivity index (χ2n) is 3.49. The Labute approximate surface area is 100 Å². The van der Waals surface area contributed by atoms with Crippen LogP contribution in [0.15, 0.2) is 21.7 Å². The summed E-state index contributed by atoms with van der Waals surface area (Å²) < 4.78 is 6.31. The number of nitrogens with zero attached hydrogens (tertiary/aromatic N) is 2. The molecule has 0 saturated heterocycles. The fraction of sp³-hybridized carbons (Fsp3) is 0.300. The lowest BCUT2D eigenvalue weighted by Gasteiger charge is -1.96. The van der Waals surface area contributed by atoms with Gasteiger partial charge >= 0.3 is 10.8 Å². The van der Waals surface area contributed by atoms with Crippen molar-refractivity contribution in [2.24, 2.45) is 0 Å². The van der Waals surface area contributed by atoms with Gasteiger partial charge in [0.15, 0.2) is 0 Å². The van der Waals surface area contributed by atoms with Crippen molar-refractivity contribution in [1.82, 2.24) is 9.72 Å². The molecule has 0 atom stereocenters. The first kappa shape index (κ1) is 11.6. The van der Waals surface area contributed by atoms with Crippen LogP contribution < -0.4 is 4.87 Å². The Morgan fingerprint density at radius 1 is 1.65 bits per heavy atom. The summed E-state index contributed by atoms with van der Waals surface area (Å²) in [4.78, 5) is 22.6. The summed E-state index contributed by atoms with van der Waals surface area (Å²) in [6.07, 6.45) is 3.11. The molecule has 17 heavy (non-hydrogen) atoms. The zero-order valence-corrected chi connectivity index (χ0v) is 9.86. The fourth-order valence-electron chi connectivity index (χ4n) is 1.41.